The summed E-state index contributed by atoms with van der Waals surface area (Å²) < 4.78 is 45.1. The maximum absolute atomic E-state index is 13.6. The number of carbonyl (C=O) groups is 1. The van der Waals surface area contributed by atoms with Crippen LogP contribution >= 0.6 is 11.3 Å². The Morgan fingerprint density at radius 1 is 1.05 bits per heavy atom. The van der Waals surface area contributed by atoms with Gasteiger partial charge in [0, 0.05) is 35.3 Å². The molecule has 1 aliphatic heterocycles. The molecule has 1 aromatic heterocycles. The molecule has 192 valence electrons. The number of fused-ring (bicyclic) bond motifs is 1. The van der Waals surface area contributed by atoms with Gasteiger partial charge in [-0.15, -0.1) is 11.3 Å². The molecule has 0 spiro atoms. The van der Waals surface area contributed by atoms with Gasteiger partial charge in [0.2, 0.25) is 5.78 Å². The van der Waals surface area contributed by atoms with Crippen LogP contribution in [0.3, 0.4) is 0 Å². The first kappa shape index (κ1) is 25.3. The normalized spacial score (nSPS) is 14.6. The number of likely N-dealkylation sites (tertiary alicyclic amines) is 1. The van der Waals surface area contributed by atoms with E-state index in [0.717, 1.165) is 26.8 Å². The van der Waals surface area contributed by atoms with Crippen molar-refractivity contribution >= 4 is 27.2 Å². The number of aromatic hydroxyl groups is 1. The number of ketones is 1. The zero-order chi connectivity index (χ0) is 26.3. The second-order valence-electron chi connectivity index (χ2n) is 9.58. The van der Waals surface area contributed by atoms with E-state index >= 15 is 0 Å². The zero-order valence-electron chi connectivity index (χ0n) is 20.4. The molecule has 2 heterocycles. The molecule has 1 N–H and O–H groups in total. The number of hydrogen-bond donors (Lipinski definition) is 1. The molecule has 0 bridgehead atoms. The number of rotatable bonds is 7. The topological polar surface area (TPSA) is 49.8 Å². The number of phenols is 1. The maximum atomic E-state index is 13.6. The van der Waals surface area contributed by atoms with Gasteiger partial charge in [0.15, 0.2) is 5.75 Å². The largest absolute Gasteiger partial charge is 0.508 e. The molecule has 1 aliphatic rings. The summed E-state index contributed by atoms with van der Waals surface area (Å²) in [5.74, 6) is -0.259. The Balaban J connectivity index is 1.35. The molecule has 0 aliphatic carbocycles. The number of thiophene rings is 1. The van der Waals surface area contributed by atoms with Crippen LogP contribution in [0.15, 0.2) is 60.7 Å². The van der Waals surface area contributed by atoms with E-state index in [2.05, 4.69) is 0 Å². The summed E-state index contributed by atoms with van der Waals surface area (Å²) in [4.78, 5) is 15.8. The molecule has 4 aromatic rings. The van der Waals surface area contributed by atoms with Crippen LogP contribution < -0.4 is 4.74 Å². The second kappa shape index (κ2) is 9.84. The number of nitrogens with zero attached hydrogens (tertiary/aromatic N) is 1. The van der Waals surface area contributed by atoms with Gasteiger partial charge in [-0.2, -0.15) is 13.2 Å². The highest BCUT2D eigenvalue weighted by Crippen LogP contribution is 2.43. The summed E-state index contributed by atoms with van der Waals surface area (Å²) in [6, 6.07) is 18.0. The van der Waals surface area contributed by atoms with Crippen molar-refractivity contribution < 1.29 is 27.8 Å². The van der Waals surface area contributed by atoms with Gasteiger partial charge in [-0.25, -0.2) is 0 Å². The third-order valence-electron chi connectivity index (χ3n) is 6.74. The number of halogens is 3. The van der Waals surface area contributed by atoms with Gasteiger partial charge in [-0.3, -0.25) is 4.79 Å². The molecule has 1 fully saturated rings. The van der Waals surface area contributed by atoms with Crippen LogP contribution in [0.4, 0.5) is 13.2 Å². The molecular formula is C29H26F3NO3S. The van der Waals surface area contributed by atoms with Gasteiger partial charge in [-0.05, 0) is 61.7 Å². The molecule has 37 heavy (non-hydrogen) atoms. The van der Waals surface area contributed by atoms with E-state index in [1.54, 1.807) is 35.2 Å². The van der Waals surface area contributed by atoms with Crippen LogP contribution in [0.2, 0.25) is 0 Å². The molecule has 1 saturated heterocycles. The molecule has 0 saturated carbocycles. The summed E-state index contributed by atoms with van der Waals surface area (Å²) in [6.45, 7) is 4.57. The van der Waals surface area contributed by atoms with Gasteiger partial charge in [0.05, 0.1) is 5.92 Å². The average molecular weight is 526 g/mol. The van der Waals surface area contributed by atoms with Crippen molar-refractivity contribution in [2.45, 2.75) is 26.4 Å². The first-order valence-corrected chi connectivity index (χ1v) is 12.8. The van der Waals surface area contributed by atoms with Crippen LogP contribution in [0, 0.1) is 19.8 Å². The van der Waals surface area contributed by atoms with E-state index in [1.807, 2.05) is 44.2 Å². The quantitative estimate of drug-likeness (QED) is 0.258. The van der Waals surface area contributed by atoms with Crippen LogP contribution in [0.1, 0.15) is 31.9 Å². The molecule has 5 rings (SSSR count). The number of alkyl halides is 3. The lowest BCUT2D eigenvalue weighted by atomic mass is 9.99. The average Bonchev–Trinajstić information content (AvgIpc) is 3.15. The number of aryl methyl sites for hydroxylation is 2. The van der Waals surface area contributed by atoms with Crippen molar-refractivity contribution in [3.8, 4) is 17.2 Å². The van der Waals surface area contributed by atoms with E-state index in [4.69, 9.17) is 4.74 Å². The molecule has 3 aromatic carbocycles. The lowest BCUT2D eigenvalue weighted by Crippen LogP contribution is -2.53. The second-order valence-corrected chi connectivity index (χ2v) is 10.6. The number of hydrogen-bond acceptors (Lipinski definition) is 5. The van der Waals surface area contributed by atoms with E-state index in [1.165, 1.54) is 11.3 Å². The standard InChI is InChI=1S/C29H26F3NO3S/c1-17-3-9-23(18(2)13-17)26(35)28-27(24-10-6-21(34)14-25(24)37-28)36-22-7-4-19(5-8-22)11-12-33-15-20(16-33)29(30,31)32/h3-10,13-14,20,34H,11-12,15-16H2,1-2H3. The molecule has 0 amide bonds. The zero-order valence-corrected chi connectivity index (χ0v) is 21.2. The Hall–Kier alpha value is -3.36. The van der Waals surface area contributed by atoms with Crippen LogP contribution in [-0.4, -0.2) is 41.6 Å². The fraction of sp³-hybridized carbons (Fsp3) is 0.276. The number of carbonyl (C=O) groups excluding carboxylic acids is 1. The summed E-state index contributed by atoms with van der Waals surface area (Å²) in [5.41, 5.74) is 3.54. The molecular weight excluding hydrogens is 499 g/mol. The Morgan fingerprint density at radius 2 is 1.78 bits per heavy atom. The lowest BCUT2D eigenvalue weighted by molar-refractivity contribution is -0.208. The SMILES string of the molecule is Cc1ccc(C(=O)c2sc3cc(O)ccc3c2Oc2ccc(CCN3CC(C(F)(F)F)C3)cc2)c(C)c1. The summed E-state index contributed by atoms with van der Waals surface area (Å²) in [7, 11) is 0. The van der Waals surface area contributed by atoms with Gasteiger partial charge < -0.3 is 14.7 Å². The first-order chi connectivity index (χ1) is 17.6. The fourth-order valence-electron chi connectivity index (χ4n) is 4.59. The number of phenolic OH excluding ortho intramolecular Hbond substituents is 1. The van der Waals surface area contributed by atoms with E-state index < -0.39 is 12.1 Å². The lowest BCUT2D eigenvalue weighted by Gasteiger charge is -2.40. The predicted octanol–water partition coefficient (Wildman–Crippen LogP) is 7.28. The van der Waals surface area contributed by atoms with Gasteiger partial charge in [-0.1, -0.05) is 35.9 Å². The van der Waals surface area contributed by atoms with Crippen molar-refractivity contribution in [2.75, 3.05) is 19.6 Å². The first-order valence-electron chi connectivity index (χ1n) is 12.0. The fourth-order valence-corrected chi connectivity index (χ4v) is 5.71. The van der Waals surface area contributed by atoms with E-state index in [9.17, 15) is 23.1 Å². The maximum Gasteiger partial charge on any atom is 0.394 e. The minimum Gasteiger partial charge on any atom is -0.508 e. The smallest absolute Gasteiger partial charge is 0.394 e. The third kappa shape index (κ3) is 5.36. The summed E-state index contributed by atoms with van der Waals surface area (Å²) in [5, 5.41) is 10.7. The van der Waals surface area contributed by atoms with Gasteiger partial charge in [0.1, 0.15) is 16.4 Å². The Morgan fingerprint density at radius 3 is 2.46 bits per heavy atom. The third-order valence-corrected chi connectivity index (χ3v) is 7.87. The Labute approximate surface area is 216 Å². The van der Waals surface area contributed by atoms with Crippen LogP contribution in [0.25, 0.3) is 10.1 Å². The van der Waals surface area contributed by atoms with Crippen LogP contribution in [-0.2, 0) is 6.42 Å². The molecule has 8 heteroatoms. The van der Waals surface area contributed by atoms with Gasteiger partial charge >= 0.3 is 6.18 Å². The monoisotopic (exact) mass is 525 g/mol. The summed E-state index contributed by atoms with van der Waals surface area (Å²) >= 11 is 1.28. The van der Waals surface area contributed by atoms with Gasteiger partial charge in [0.25, 0.3) is 0 Å². The Bertz CT molecular complexity index is 1450. The van der Waals surface area contributed by atoms with Crippen molar-refractivity contribution in [1.29, 1.82) is 0 Å². The number of benzene rings is 3. The molecule has 0 atom stereocenters. The molecule has 0 radical (unpaired) electrons. The molecule has 0 unspecified atom stereocenters. The van der Waals surface area contributed by atoms with Crippen molar-refractivity contribution in [1.82, 2.24) is 4.90 Å². The highest BCUT2D eigenvalue weighted by Gasteiger charge is 2.46. The van der Waals surface area contributed by atoms with Crippen molar-refractivity contribution in [3.63, 3.8) is 0 Å². The predicted molar refractivity (Wildman–Crippen MR) is 139 cm³/mol. The van der Waals surface area contributed by atoms with E-state index in [-0.39, 0.29) is 24.6 Å². The van der Waals surface area contributed by atoms with Crippen molar-refractivity contribution in [2.24, 2.45) is 5.92 Å². The van der Waals surface area contributed by atoms with E-state index in [0.29, 0.717) is 34.9 Å². The highest BCUT2D eigenvalue weighted by molar-refractivity contribution is 7.21. The minimum absolute atomic E-state index is 0.0583. The minimum atomic E-state index is -4.11. The van der Waals surface area contributed by atoms with Crippen LogP contribution in [0.5, 0.6) is 17.2 Å². The van der Waals surface area contributed by atoms with Crippen molar-refractivity contribution in [3.05, 3.63) is 87.8 Å². The number of ether oxygens (including phenoxy) is 1. The molecule has 4 nitrogen and oxygen atoms in total. The highest BCUT2D eigenvalue weighted by atomic mass is 32.1. The summed E-state index contributed by atoms with van der Waals surface area (Å²) in [6.07, 6.45) is -3.47. The Kier molecular flexibility index (Phi) is 6.72.